The number of aryl methyl sites for hydroxylation is 1. The predicted molar refractivity (Wildman–Crippen MR) is 63.2 cm³/mol. The van der Waals surface area contributed by atoms with Crippen LogP contribution in [0.4, 0.5) is 4.39 Å². The molecule has 0 amide bonds. The number of nitrogens with zero attached hydrogens (tertiary/aromatic N) is 4. The SMILES string of the molecule is O=C(O)CCn1nnnc1-c1cccc(F)c1Br. The summed E-state index contributed by atoms with van der Waals surface area (Å²) < 4.78 is 15.0. The van der Waals surface area contributed by atoms with E-state index >= 15 is 0 Å². The van der Waals surface area contributed by atoms with Crippen LogP contribution in [-0.4, -0.2) is 31.3 Å². The Bertz CT molecular complexity index is 587. The molecule has 18 heavy (non-hydrogen) atoms. The lowest BCUT2D eigenvalue weighted by atomic mass is 10.2. The summed E-state index contributed by atoms with van der Waals surface area (Å²) in [6, 6.07) is 4.49. The van der Waals surface area contributed by atoms with Gasteiger partial charge in [0.05, 0.1) is 17.4 Å². The fourth-order valence-electron chi connectivity index (χ4n) is 1.43. The molecule has 1 aromatic heterocycles. The van der Waals surface area contributed by atoms with Crippen molar-refractivity contribution in [2.45, 2.75) is 13.0 Å². The van der Waals surface area contributed by atoms with E-state index in [1.54, 1.807) is 6.07 Å². The van der Waals surface area contributed by atoms with Crippen LogP contribution < -0.4 is 0 Å². The molecule has 0 fully saturated rings. The monoisotopic (exact) mass is 314 g/mol. The van der Waals surface area contributed by atoms with Gasteiger partial charge in [0.1, 0.15) is 5.82 Å². The van der Waals surface area contributed by atoms with Crippen molar-refractivity contribution in [3.05, 3.63) is 28.5 Å². The summed E-state index contributed by atoms with van der Waals surface area (Å²) in [6.07, 6.45) is -0.106. The van der Waals surface area contributed by atoms with Crippen molar-refractivity contribution in [3.63, 3.8) is 0 Å². The summed E-state index contributed by atoms with van der Waals surface area (Å²) in [5.41, 5.74) is 0.477. The first-order valence-electron chi connectivity index (χ1n) is 5.02. The first-order chi connectivity index (χ1) is 8.59. The molecule has 2 rings (SSSR count). The van der Waals surface area contributed by atoms with E-state index in [-0.39, 0.29) is 17.4 Å². The van der Waals surface area contributed by atoms with Crippen LogP contribution in [0.5, 0.6) is 0 Å². The molecule has 8 heteroatoms. The first kappa shape index (κ1) is 12.6. The van der Waals surface area contributed by atoms with Crippen LogP contribution in [0.2, 0.25) is 0 Å². The molecule has 1 N–H and O–H groups in total. The van der Waals surface area contributed by atoms with Crippen LogP contribution in [0.15, 0.2) is 22.7 Å². The Morgan fingerprint density at radius 1 is 1.50 bits per heavy atom. The van der Waals surface area contributed by atoms with Crippen molar-refractivity contribution in [3.8, 4) is 11.4 Å². The van der Waals surface area contributed by atoms with Gasteiger partial charge in [-0.05, 0) is 38.5 Å². The number of aromatic nitrogens is 4. The average Bonchev–Trinajstić information content (AvgIpc) is 2.78. The highest BCUT2D eigenvalue weighted by Gasteiger charge is 2.15. The maximum atomic E-state index is 13.4. The Kier molecular flexibility index (Phi) is 3.66. The van der Waals surface area contributed by atoms with Crippen molar-refractivity contribution >= 4 is 21.9 Å². The van der Waals surface area contributed by atoms with E-state index in [0.717, 1.165) is 0 Å². The van der Waals surface area contributed by atoms with E-state index < -0.39 is 11.8 Å². The molecule has 2 aromatic rings. The molecule has 0 saturated heterocycles. The maximum absolute atomic E-state index is 13.4. The highest BCUT2D eigenvalue weighted by Crippen LogP contribution is 2.28. The minimum Gasteiger partial charge on any atom is -0.481 e. The molecular formula is C10H8BrFN4O2. The van der Waals surface area contributed by atoms with E-state index in [4.69, 9.17) is 5.11 Å². The third-order valence-electron chi connectivity index (χ3n) is 2.26. The van der Waals surface area contributed by atoms with E-state index in [0.29, 0.717) is 11.4 Å². The Morgan fingerprint density at radius 2 is 2.28 bits per heavy atom. The molecule has 0 radical (unpaired) electrons. The normalized spacial score (nSPS) is 10.6. The third kappa shape index (κ3) is 2.53. The average molecular weight is 315 g/mol. The summed E-state index contributed by atoms with van der Waals surface area (Å²) >= 11 is 3.12. The van der Waals surface area contributed by atoms with Crippen LogP contribution in [0, 0.1) is 5.82 Å². The van der Waals surface area contributed by atoms with E-state index in [1.165, 1.54) is 16.8 Å². The second-order valence-electron chi connectivity index (χ2n) is 3.47. The summed E-state index contributed by atoms with van der Waals surface area (Å²) in [5, 5.41) is 19.6. The predicted octanol–water partition coefficient (Wildman–Crippen LogP) is 1.72. The standard InChI is InChI=1S/C10H8BrFN4O2/c11-9-6(2-1-3-7(9)12)10-13-14-15-16(10)5-4-8(17)18/h1-3H,4-5H2,(H,17,18). The Balaban J connectivity index is 2.36. The minimum atomic E-state index is -0.949. The summed E-state index contributed by atoms with van der Waals surface area (Å²) in [7, 11) is 0. The van der Waals surface area contributed by atoms with Crippen molar-refractivity contribution in [1.29, 1.82) is 0 Å². The van der Waals surface area contributed by atoms with Gasteiger partial charge in [0.2, 0.25) is 0 Å². The van der Waals surface area contributed by atoms with Crippen molar-refractivity contribution in [2.75, 3.05) is 0 Å². The smallest absolute Gasteiger partial charge is 0.305 e. The van der Waals surface area contributed by atoms with E-state index in [2.05, 4.69) is 31.5 Å². The molecule has 94 valence electrons. The van der Waals surface area contributed by atoms with Gasteiger partial charge in [0.25, 0.3) is 0 Å². The largest absolute Gasteiger partial charge is 0.481 e. The zero-order valence-corrected chi connectivity index (χ0v) is 10.6. The number of hydrogen-bond donors (Lipinski definition) is 1. The lowest BCUT2D eigenvalue weighted by Crippen LogP contribution is -2.08. The molecule has 6 nitrogen and oxygen atoms in total. The molecule has 0 unspecified atom stereocenters. The van der Waals surface area contributed by atoms with E-state index in [1.807, 2.05) is 0 Å². The second-order valence-corrected chi connectivity index (χ2v) is 4.26. The van der Waals surface area contributed by atoms with Gasteiger partial charge >= 0.3 is 5.97 Å². The highest BCUT2D eigenvalue weighted by molar-refractivity contribution is 9.10. The van der Waals surface area contributed by atoms with Gasteiger partial charge in [-0.25, -0.2) is 9.07 Å². The maximum Gasteiger partial charge on any atom is 0.305 e. The summed E-state index contributed by atoms with van der Waals surface area (Å²) in [4.78, 5) is 10.5. The lowest BCUT2D eigenvalue weighted by Gasteiger charge is -2.05. The van der Waals surface area contributed by atoms with Crippen LogP contribution >= 0.6 is 15.9 Å². The minimum absolute atomic E-state index is 0.106. The molecule has 0 aliphatic carbocycles. The number of rotatable bonds is 4. The molecule has 0 aliphatic rings. The Labute approximate surface area is 110 Å². The summed E-state index contributed by atoms with van der Waals surface area (Å²) in [6.45, 7) is 0.126. The second kappa shape index (κ2) is 5.21. The zero-order chi connectivity index (χ0) is 13.1. The van der Waals surface area contributed by atoms with Gasteiger partial charge in [0.15, 0.2) is 5.82 Å². The van der Waals surface area contributed by atoms with Gasteiger partial charge in [-0.15, -0.1) is 5.10 Å². The molecule has 0 atom stereocenters. The fraction of sp³-hybridized carbons (Fsp3) is 0.200. The summed E-state index contributed by atoms with van der Waals surface area (Å²) in [5.74, 6) is -1.06. The van der Waals surface area contributed by atoms with E-state index in [9.17, 15) is 9.18 Å². The van der Waals surface area contributed by atoms with Crippen LogP contribution in [0.25, 0.3) is 11.4 Å². The lowest BCUT2D eigenvalue weighted by molar-refractivity contribution is -0.137. The molecule has 0 aliphatic heterocycles. The first-order valence-corrected chi connectivity index (χ1v) is 5.81. The van der Waals surface area contributed by atoms with Crippen molar-refractivity contribution in [1.82, 2.24) is 20.2 Å². The fourth-order valence-corrected chi connectivity index (χ4v) is 1.87. The van der Waals surface area contributed by atoms with Gasteiger partial charge in [-0.2, -0.15) is 0 Å². The van der Waals surface area contributed by atoms with Gasteiger partial charge in [0, 0.05) is 5.56 Å². The zero-order valence-electron chi connectivity index (χ0n) is 9.05. The third-order valence-corrected chi connectivity index (χ3v) is 3.07. The molecule has 0 saturated carbocycles. The van der Waals surface area contributed by atoms with Crippen LogP contribution in [0.3, 0.4) is 0 Å². The number of hydrogen-bond acceptors (Lipinski definition) is 4. The van der Waals surface area contributed by atoms with Crippen molar-refractivity contribution in [2.24, 2.45) is 0 Å². The number of halogens is 2. The van der Waals surface area contributed by atoms with Crippen LogP contribution in [0.1, 0.15) is 6.42 Å². The molecule has 1 aromatic carbocycles. The Morgan fingerprint density at radius 3 is 3.00 bits per heavy atom. The topological polar surface area (TPSA) is 80.9 Å². The number of benzene rings is 1. The quantitative estimate of drug-likeness (QED) is 0.929. The number of carboxylic acids is 1. The number of aliphatic carboxylic acids is 1. The molecule has 1 heterocycles. The van der Waals surface area contributed by atoms with Crippen LogP contribution in [-0.2, 0) is 11.3 Å². The molecule has 0 bridgehead atoms. The number of carboxylic acid groups (broad SMARTS) is 1. The highest BCUT2D eigenvalue weighted by atomic mass is 79.9. The number of tetrazole rings is 1. The Hall–Kier alpha value is -1.83. The molecule has 0 spiro atoms. The van der Waals surface area contributed by atoms with Gasteiger partial charge in [-0.3, -0.25) is 4.79 Å². The molecular weight excluding hydrogens is 307 g/mol. The van der Waals surface area contributed by atoms with Crippen molar-refractivity contribution < 1.29 is 14.3 Å². The van der Waals surface area contributed by atoms with Gasteiger partial charge < -0.3 is 5.11 Å². The number of carbonyl (C=O) groups is 1. The van der Waals surface area contributed by atoms with Gasteiger partial charge in [-0.1, -0.05) is 6.07 Å².